The molecule has 0 unspecified atom stereocenters. The zero-order valence-electron chi connectivity index (χ0n) is 14.3. The van der Waals surface area contributed by atoms with Gasteiger partial charge in [-0.3, -0.25) is 0 Å². The lowest BCUT2D eigenvalue weighted by Crippen LogP contribution is -2.38. The summed E-state index contributed by atoms with van der Waals surface area (Å²) in [7, 11) is 0. The number of hydrogen-bond acceptors (Lipinski definition) is 6. The number of nitriles is 1. The van der Waals surface area contributed by atoms with E-state index in [4.69, 9.17) is 15.0 Å². The van der Waals surface area contributed by atoms with Crippen LogP contribution in [0.4, 0.5) is 5.13 Å². The Morgan fingerprint density at radius 3 is 2.67 bits per heavy atom. The number of nitrogens with zero attached hydrogens (tertiary/aromatic N) is 4. The fourth-order valence-corrected chi connectivity index (χ4v) is 3.55. The molecule has 2 heterocycles. The Hall–Kier alpha value is -2.13. The molecular weight excluding hydrogens is 320 g/mol. The van der Waals surface area contributed by atoms with E-state index >= 15 is 0 Å². The minimum atomic E-state index is -0.0120. The van der Waals surface area contributed by atoms with Gasteiger partial charge in [0, 0.05) is 42.9 Å². The highest BCUT2D eigenvalue weighted by molar-refractivity contribution is 7.09. The highest BCUT2D eigenvalue weighted by atomic mass is 32.1. The first-order valence-electron chi connectivity index (χ1n) is 8.21. The normalized spacial score (nSPS) is 16.0. The van der Waals surface area contributed by atoms with Gasteiger partial charge in [-0.15, -0.1) is 0 Å². The Labute approximate surface area is 147 Å². The largest absolute Gasteiger partial charge is 0.490 e. The zero-order chi connectivity index (χ0) is 17.2. The van der Waals surface area contributed by atoms with E-state index in [0.717, 1.165) is 42.6 Å². The quantitative estimate of drug-likeness (QED) is 0.850. The Bertz CT molecular complexity index is 736. The van der Waals surface area contributed by atoms with Crippen molar-refractivity contribution in [2.75, 3.05) is 18.0 Å². The van der Waals surface area contributed by atoms with Crippen LogP contribution in [-0.2, 0) is 5.41 Å². The van der Waals surface area contributed by atoms with Gasteiger partial charge in [0.05, 0.1) is 11.6 Å². The van der Waals surface area contributed by atoms with Crippen molar-refractivity contribution in [2.24, 2.45) is 0 Å². The second-order valence-electron chi connectivity index (χ2n) is 7.09. The molecule has 0 saturated carbocycles. The van der Waals surface area contributed by atoms with Crippen molar-refractivity contribution in [3.05, 3.63) is 35.7 Å². The van der Waals surface area contributed by atoms with Crippen molar-refractivity contribution in [2.45, 2.75) is 45.1 Å². The number of benzene rings is 1. The fraction of sp³-hybridized carbons (Fsp3) is 0.500. The summed E-state index contributed by atoms with van der Waals surface area (Å²) in [5.74, 6) is 1.69. The van der Waals surface area contributed by atoms with Crippen LogP contribution in [0, 0.1) is 11.3 Å². The lowest BCUT2D eigenvalue weighted by molar-refractivity contribution is 0.171. The Balaban J connectivity index is 1.58. The van der Waals surface area contributed by atoms with Crippen molar-refractivity contribution in [1.29, 1.82) is 5.26 Å². The van der Waals surface area contributed by atoms with Crippen LogP contribution in [0.1, 0.15) is 45.0 Å². The second-order valence-corrected chi connectivity index (χ2v) is 7.82. The standard InChI is InChI=1S/C18H22N4OS/c1-18(2,3)16-20-17(24-21-16)22-9-7-14(8-10-22)23-15-6-4-5-13(11-15)12-19/h4-6,11,14H,7-10H2,1-3H3. The van der Waals surface area contributed by atoms with Crippen molar-refractivity contribution in [3.63, 3.8) is 0 Å². The van der Waals surface area contributed by atoms with Crippen LogP contribution in [0.2, 0.25) is 0 Å². The number of ether oxygens (including phenoxy) is 1. The summed E-state index contributed by atoms with van der Waals surface area (Å²) in [6, 6.07) is 9.50. The maximum atomic E-state index is 8.96. The lowest BCUT2D eigenvalue weighted by atomic mass is 9.96. The molecule has 5 nitrogen and oxygen atoms in total. The summed E-state index contributed by atoms with van der Waals surface area (Å²) < 4.78 is 10.5. The van der Waals surface area contributed by atoms with Gasteiger partial charge in [0.15, 0.2) is 0 Å². The summed E-state index contributed by atoms with van der Waals surface area (Å²) in [6.07, 6.45) is 2.08. The molecule has 0 aliphatic carbocycles. The first-order chi connectivity index (χ1) is 11.5. The highest BCUT2D eigenvalue weighted by Gasteiger charge is 2.25. The monoisotopic (exact) mass is 342 g/mol. The van der Waals surface area contributed by atoms with E-state index in [1.807, 2.05) is 12.1 Å². The van der Waals surface area contributed by atoms with Crippen LogP contribution in [0.3, 0.4) is 0 Å². The number of aromatic nitrogens is 2. The van der Waals surface area contributed by atoms with Crippen LogP contribution >= 0.6 is 11.5 Å². The molecule has 0 amide bonds. The SMILES string of the molecule is CC(C)(C)c1nsc(N2CCC(Oc3cccc(C#N)c3)CC2)n1. The smallest absolute Gasteiger partial charge is 0.205 e. The van der Waals surface area contributed by atoms with Gasteiger partial charge in [-0.1, -0.05) is 26.8 Å². The summed E-state index contributed by atoms with van der Waals surface area (Å²) in [4.78, 5) is 6.98. The first kappa shape index (κ1) is 16.7. The Morgan fingerprint density at radius 2 is 2.04 bits per heavy atom. The molecule has 1 aliphatic heterocycles. The molecule has 1 aromatic carbocycles. The summed E-state index contributed by atoms with van der Waals surface area (Å²) in [6.45, 7) is 8.24. The molecule has 0 spiro atoms. The number of piperidine rings is 1. The van der Waals surface area contributed by atoms with Gasteiger partial charge < -0.3 is 9.64 Å². The van der Waals surface area contributed by atoms with Crippen molar-refractivity contribution >= 4 is 16.7 Å². The van der Waals surface area contributed by atoms with Gasteiger partial charge in [0.1, 0.15) is 17.7 Å². The minimum absolute atomic E-state index is 0.0120. The maximum absolute atomic E-state index is 8.96. The van der Waals surface area contributed by atoms with Crippen LogP contribution < -0.4 is 9.64 Å². The fourth-order valence-electron chi connectivity index (χ4n) is 2.64. The molecule has 1 fully saturated rings. The number of anilines is 1. The molecule has 24 heavy (non-hydrogen) atoms. The first-order valence-corrected chi connectivity index (χ1v) is 8.99. The van der Waals surface area contributed by atoms with Gasteiger partial charge >= 0.3 is 0 Å². The topological polar surface area (TPSA) is 62.0 Å². The van der Waals surface area contributed by atoms with E-state index in [1.54, 1.807) is 12.1 Å². The zero-order valence-corrected chi connectivity index (χ0v) is 15.1. The van der Waals surface area contributed by atoms with E-state index in [9.17, 15) is 0 Å². The molecule has 1 aliphatic rings. The van der Waals surface area contributed by atoms with Crippen molar-refractivity contribution < 1.29 is 4.74 Å². The third kappa shape index (κ3) is 3.85. The molecule has 0 N–H and O–H groups in total. The summed E-state index contributed by atoms with van der Waals surface area (Å²) in [5, 5.41) is 9.97. The lowest BCUT2D eigenvalue weighted by Gasteiger charge is -2.31. The third-order valence-corrected chi connectivity index (χ3v) is 4.84. The van der Waals surface area contributed by atoms with Crippen molar-refractivity contribution in [3.8, 4) is 11.8 Å². The predicted molar refractivity (Wildman–Crippen MR) is 95.6 cm³/mol. The molecule has 0 bridgehead atoms. The molecule has 3 rings (SSSR count). The van der Waals surface area contributed by atoms with Crippen molar-refractivity contribution in [1.82, 2.24) is 9.36 Å². The van der Waals surface area contributed by atoms with Crippen LogP contribution in [0.5, 0.6) is 5.75 Å². The van der Waals surface area contributed by atoms with Gasteiger partial charge in [-0.2, -0.15) is 9.64 Å². The van der Waals surface area contributed by atoms with Gasteiger partial charge in [-0.25, -0.2) is 4.98 Å². The average molecular weight is 342 g/mol. The average Bonchev–Trinajstić information content (AvgIpc) is 3.06. The van der Waals surface area contributed by atoms with Gasteiger partial charge in [-0.05, 0) is 18.2 Å². The minimum Gasteiger partial charge on any atom is -0.490 e. The molecule has 2 aromatic rings. The van der Waals surface area contributed by atoms with E-state index < -0.39 is 0 Å². The molecule has 126 valence electrons. The summed E-state index contributed by atoms with van der Waals surface area (Å²) >= 11 is 1.48. The molecule has 0 atom stereocenters. The number of rotatable bonds is 3. The molecule has 1 saturated heterocycles. The highest BCUT2D eigenvalue weighted by Crippen LogP contribution is 2.28. The van der Waals surface area contributed by atoms with E-state index in [-0.39, 0.29) is 11.5 Å². The maximum Gasteiger partial charge on any atom is 0.205 e. The van der Waals surface area contributed by atoms with Gasteiger partial charge in [0.2, 0.25) is 5.13 Å². The molecule has 6 heteroatoms. The molecule has 1 aromatic heterocycles. The number of hydrogen-bond donors (Lipinski definition) is 0. The van der Waals surface area contributed by atoms with E-state index in [2.05, 4.69) is 36.1 Å². The van der Waals surface area contributed by atoms with E-state index in [1.165, 1.54) is 11.5 Å². The van der Waals surface area contributed by atoms with E-state index in [0.29, 0.717) is 5.56 Å². The predicted octanol–water partition coefficient (Wildman–Crippen LogP) is 3.76. The van der Waals surface area contributed by atoms with Crippen LogP contribution in [0.25, 0.3) is 0 Å². The Kier molecular flexibility index (Phi) is 4.72. The summed E-state index contributed by atoms with van der Waals surface area (Å²) in [5.41, 5.74) is 0.621. The van der Waals surface area contributed by atoms with Gasteiger partial charge in [0.25, 0.3) is 0 Å². The third-order valence-electron chi connectivity index (χ3n) is 4.06. The van der Waals surface area contributed by atoms with Crippen LogP contribution in [0.15, 0.2) is 24.3 Å². The van der Waals surface area contributed by atoms with Crippen LogP contribution in [-0.4, -0.2) is 28.6 Å². The molecular formula is C18H22N4OS. The Morgan fingerprint density at radius 1 is 1.29 bits per heavy atom. The second kappa shape index (κ2) is 6.78. The molecule has 0 radical (unpaired) electrons.